The molecule has 1 amide bonds. The summed E-state index contributed by atoms with van der Waals surface area (Å²) in [5.41, 5.74) is 3.31. The van der Waals surface area contributed by atoms with Gasteiger partial charge in [-0.25, -0.2) is 13.4 Å². The van der Waals surface area contributed by atoms with Crippen LogP contribution < -0.4 is 5.32 Å². The van der Waals surface area contributed by atoms with Crippen LogP contribution in [0.4, 0.5) is 5.13 Å². The molecule has 2 aromatic carbocycles. The number of rotatable bonds is 8. The van der Waals surface area contributed by atoms with E-state index in [4.69, 9.17) is 0 Å². The number of hydrogen-bond acceptors (Lipinski definition) is 5. The first-order chi connectivity index (χ1) is 14.3. The van der Waals surface area contributed by atoms with Crippen molar-refractivity contribution in [3.8, 4) is 0 Å². The fraction of sp³-hybridized carbons (Fsp3) is 0.182. The third-order valence-corrected chi connectivity index (χ3v) is 7.41. The zero-order valence-corrected chi connectivity index (χ0v) is 18.5. The maximum atomic E-state index is 12.9. The van der Waals surface area contributed by atoms with Gasteiger partial charge in [0.1, 0.15) is 0 Å². The number of benzene rings is 2. The zero-order chi connectivity index (χ0) is 21.9. The Hall–Kier alpha value is -2.81. The number of nitrogens with one attached hydrogen (secondary N) is 1. The molecular formula is C22H23N3O3S2. The first-order valence-corrected chi connectivity index (χ1v) is 11.5. The van der Waals surface area contributed by atoms with Crippen molar-refractivity contribution in [3.63, 3.8) is 0 Å². The predicted octanol–water partition coefficient (Wildman–Crippen LogP) is 4.53. The van der Waals surface area contributed by atoms with Gasteiger partial charge in [0, 0.05) is 18.7 Å². The van der Waals surface area contributed by atoms with E-state index in [-0.39, 0.29) is 23.9 Å². The van der Waals surface area contributed by atoms with Gasteiger partial charge in [-0.3, -0.25) is 10.1 Å². The fourth-order valence-corrected chi connectivity index (χ4v) is 5.26. The zero-order valence-electron chi connectivity index (χ0n) is 16.9. The number of aromatic nitrogens is 1. The molecule has 6 nitrogen and oxygen atoms in total. The summed E-state index contributed by atoms with van der Waals surface area (Å²) in [6.07, 6.45) is 3.07. The Balaban J connectivity index is 1.88. The highest BCUT2D eigenvalue weighted by molar-refractivity contribution is 7.89. The molecule has 8 heteroatoms. The number of amides is 1. The fourth-order valence-electron chi connectivity index (χ4n) is 2.88. The molecule has 3 aromatic rings. The molecule has 0 aliphatic heterocycles. The van der Waals surface area contributed by atoms with Crippen LogP contribution in [0.2, 0.25) is 0 Å². The minimum Gasteiger partial charge on any atom is -0.298 e. The van der Waals surface area contributed by atoms with Gasteiger partial charge in [0.15, 0.2) is 5.13 Å². The third-order valence-electron chi connectivity index (χ3n) is 4.65. The van der Waals surface area contributed by atoms with Crippen molar-refractivity contribution in [1.29, 1.82) is 0 Å². The van der Waals surface area contributed by atoms with Gasteiger partial charge < -0.3 is 0 Å². The summed E-state index contributed by atoms with van der Waals surface area (Å²) in [5.74, 6) is -0.256. The summed E-state index contributed by atoms with van der Waals surface area (Å²) in [7, 11) is -3.70. The van der Waals surface area contributed by atoms with Crippen molar-refractivity contribution in [1.82, 2.24) is 9.29 Å². The Bertz CT molecular complexity index is 1220. The van der Waals surface area contributed by atoms with Gasteiger partial charge in [-0.05, 0) is 55.3 Å². The maximum absolute atomic E-state index is 12.9. The van der Waals surface area contributed by atoms with Crippen LogP contribution in [-0.4, -0.2) is 36.7 Å². The van der Waals surface area contributed by atoms with Crippen molar-refractivity contribution in [2.75, 3.05) is 18.4 Å². The molecule has 1 heterocycles. The Morgan fingerprint density at radius 3 is 2.43 bits per heavy atom. The largest absolute Gasteiger partial charge is 0.298 e. The average Bonchev–Trinajstić information content (AvgIpc) is 3.11. The summed E-state index contributed by atoms with van der Waals surface area (Å²) >= 11 is 1.23. The molecule has 0 aliphatic rings. The molecule has 156 valence electrons. The van der Waals surface area contributed by atoms with Gasteiger partial charge in [0.25, 0.3) is 5.91 Å². The van der Waals surface area contributed by atoms with E-state index in [9.17, 15) is 13.2 Å². The number of hydrogen-bond donors (Lipinski definition) is 1. The van der Waals surface area contributed by atoms with Crippen LogP contribution in [0.15, 0.2) is 66.6 Å². The van der Waals surface area contributed by atoms with Crippen molar-refractivity contribution in [2.24, 2.45) is 0 Å². The normalized spacial score (nSPS) is 11.6. The molecule has 0 unspecified atom stereocenters. The van der Waals surface area contributed by atoms with Crippen LogP contribution in [0.25, 0.3) is 10.2 Å². The highest BCUT2D eigenvalue weighted by Gasteiger charge is 2.23. The van der Waals surface area contributed by atoms with E-state index in [1.807, 2.05) is 26.0 Å². The summed E-state index contributed by atoms with van der Waals surface area (Å²) in [4.78, 5) is 17.1. The first kappa shape index (κ1) is 21.9. The first-order valence-electron chi connectivity index (χ1n) is 9.27. The van der Waals surface area contributed by atoms with Crippen molar-refractivity contribution < 1.29 is 13.2 Å². The molecule has 0 aliphatic carbocycles. The number of aryl methyl sites for hydroxylation is 2. The summed E-state index contributed by atoms with van der Waals surface area (Å²) in [6.45, 7) is 11.5. The van der Waals surface area contributed by atoms with E-state index >= 15 is 0 Å². The molecule has 3 rings (SSSR count). The molecule has 0 saturated heterocycles. The second-order valence-electron chi connectivity index (χ2n) is 6.80. The molecule has 0 bridgehead atoms. The number of thiazole rings is 1. The van der Waals surface area contributed by atoms with E-state index in [2.05, 4.69) is 23.5 Å². The third kappa shape index (κ3) is 4.51. The van der Waals surface area contributed by atoms with Crippen LogP contribution in [0.1, 0.15) is 21.5 Å². The molecule has 0 atom stereocenters. The highest BCUT2D eigenvalue weighted by atomic mass is 32.2. The van der Waals surface area contributed by atoms with E-state index in [1.54, 1.807) is 18.2 Å². The second-order valence-corrected chi connectivity index (χ2v) is 9.77. The standard InChI is InChI=1S/C22H23N3O3S2/c1-5-11-25(12-6-2)30(27,28)18-9-10-19-20(14-18)29-22(23-19)24-21(26)17-8-7-15(3)16(4)13-17/h5-10,13-14H,1-2,11-12H2,3-4H3,(H,23,24,26). The summed E-state index contributed by atoms with van der Waals surface area (Å²) < 4.78 is 27.8. The van der Waals surface area contributed by atoms with Crippen LogP contribution >= 0.6 is 11.3 Å². The maximum Gasteiger partial charge on any atom is 0.257 e. The number of anilines is 1. The van der Waals surface area contributed by atoms with E-state index in [1.165, 1.54) is 33.9 Å². The molecule has 0 fully saturated rings. The number of fused-ring (bicyclic) bond motifs is 1. The number of sulfonamides is 1. The monoisotopic (exact) mass is 441 g/mol. The lowest BCUT2D eigenvalue weighted by atomic mass is 10.1. The minimum absolute atomic E-state index is 0.161. The second kappa shape index (κ2) is 8.91. The molecule has 0 radical (unpaired) electrons. The minimum atomic E-state index is -3.70. The Kier molecular flexibility index (Phi) is 6.50. The topological polar surface area (TPSA) is 79.4 Å². The van der Waals surface area contributed by atoms with Crippen molar-refractivity contribution >= 4 is 42.6 Å². The van der Waals surface area contributed by atoms with Gasteiger partial charge in [0.05, 0.1) is 15.1 Å². The Morgan fingerprint density at radius 2 is 1.80 bits per heavy atom. The molecular weight excluding hydrogens is 418 g/mol. The molecule has 0 saturated carbocycles. The van der Waals surface area contributed by atoms with E-state index < -0.39 is 10.0 Å². The Labute approximate surface area is 180 Å². The van der Waals surface area contributed by atoms with Crippen molar-refractivity contribution in [2.45, 2.75) is 18.7 Å². The van der Waals surface area contributed by atoms with Gasteiger partial charge in [-0.2, -0.15) is 4.31 Å². The average molecular weight is 442 g/mol. The smallest absolute Gasteiger partial charge is 0.257 e. The SMILES string of the molecule is C=CCN(CC=C)S(=O)(=O)c1ccc2nc(NC(=O)c3ccc(C)c(C)c3)sc2c1. The van der Waals surface area contributed by atoms with E-state index in [0.717, 1.165) is 11.1 Å². The van der Waals surface area contributed by atoms with Gasteiger partial charge >= 0.3 is 0 Å². The molecule has 0 spiro atoms. The van der Waals surface area contributed by atoms with Gasteiger partial charge in [-0.1, -0.05) is 29.6 Å². The lowest BCUT2D eigenvalue weighted by Gasteiger charge is -2.18. The van der Waals surface area contributed by atoms with Crippen LogP contribution in [0.3, 0.4) is 0 Å². The van der Waals surface area contributed by atoms with Crippen molar-refractivity contribution in [3.05, 3.63) is 78.4 Å². The lowest BCUT2D eigenvalue weighted by molar-refractivity contribution is 0.102. The summed E-state index contributed by atoms with van der Waals surface area (Å²) in [6, 6.07) is 10.2. The number of nitrogens with zero attached hydrogens (tertiary/aromatic N) is 2. The van der Waals surface area contributed by atoms with Crippen LogP contribution in [-0.2, 0) is 10.0 Å². The van der Waals surface area contributed by atoms with Crippen LogP contribution in [0.5, 0.6) is 0 Å². The summed E-state index contributed by atoms with van der Waals surface area (Å²) in [5, 5.41) is 3.21. The predicted molar refractivity (Wildman–Crippen MR) is 123 cm³/mol. The molecule has 1 N–H and O–H groups in total. The van der Waals surface area contributed by atoms with E-state index in [0.29, 0.717) is 20.9 Å². The Morgan fingerprint density at radius 1 is 1.10 bits per heavy atom. The van der Waals surface area contributed by atoms with Gasteiger partial charge in [-0.15, -0.1) is 13.2 Å². The number of carbonyl (C=O) groups is 1. The molecule has 1 aromatic heterocycles. The van der Waals surface area contributed by atoms with Gasteiger partial charge in [0.2, 0.25) is 10.0 Å². The quantitative estimate of drug-likeness (QED) is 0.521. The number of carbonyl (C=O) groups excluding carboxylic acids is 1. The highest BCUT2D eigenvalue weighted by Crippen LogP contribution is 2.29. The lowest BCUT2D eigenvalue weighted by Crippen LogP contribution is -2.31. The van der Waals surface area contributed by atoms with Crippen LogP contribution in [0, 0.1) is 13.8 Å². The molecule has 30 heavy (non-hydrogen) atoms.